The third-order valence-corrected chi connectivity index (χ3v) is 3.86. The summed E-state index contributed by atoms with van der Waals surface area (Å²) >= 11 is 0. The number of methoxy groups -OCH3 is 1. The molecule has 1 aliphatic heterocycles. The number of anilines is 1. The fourth-order valence-corrected chi connectivity index (χ4v) is 2.45. The second-order valence-corrected chi connectivity index (χ2v) is 6.52. The predicted octanol–water partition coefficient (Wildman–Crippen LogP) is 2.28. The highest BCUT2D eigenvalue weighted by Crippen LogP contribution is 2.25. The molecule has 1 aliphatic rings. The van der Waals surface area contributed by atoms with Gasteiger partial charge < -0.3 is 15.0 Å². The predicted molar refractivity (Wildman–Crippen MR) is 83.8 cm³/mol. The van der Waals surface area contributed by atoms with E-state index in [9.17, 15) is 4.79 Å². The van der Waals surface area contributed by atoms with Crippen molar-refractivity contribution >= 4 is 11.7 Å². The van der Waals surface area contributed by atoms with Crippen LogP contribution in [0.3, 0.4) is 0 Å². The molecule has 1 fully saturated rings. The molecule has 0 saturated carbocycles. The maximum Gasteiger partial charge on any atom is 0.254 e. The van der Waals surface area contributed by atoms with Crippen molar-refractivity contribution in [2.24, 2.45) is 0 Å². The number of nitrogens with one attached hydrogen (secondary N) is 1. The van der Waals surface area contributed by atoms with E-state index < -0.39 is 0 Å². The van der Waals surface area contributed by atoms with Gasteiger partial charge in [-0.3, -0.25) is 4.79 Å². The van der Waals surface area contributed by atoms with E-state index in [1.54, 1.807) is 7.11 Å². The molecule has 1 aromatic rings. The quantitative estimate of drug-likeness (QED) is 0.928. The Kier molecular flexibility index (Phi) is 4.52. The zero-order chi connectivity index (χ0) is 15.6. The molecule has 1 amide bonds. The van der Waals surface area contributed by atoms with Crippen molar-refractivity contribution in [1.82, 2.24) is 9.88 Å². The van der Waals surface area contributed by atoms with Gasteiger partial charge in [0.2, 0.25) is 0 Å². The van der Waals surface area contributed by atoms with E-state index in [0.29, 0.717) is 12.1 Å². The largest absolute Gasteiger partial charge is 0.380 e. The van der Waals surface area contributed by atoms with Crippen molar-refractivity contribution in [3.05, 3.63) is 23.4 Å². The van der Waals surface area contributed by atoms with Crippen LogP contribution in [-0.4, -0.2) is 49.1 Å². The number of nitrogens with zero attached hydrogens (tertiary/aromatic N) is 2. The van der Waals surface area contributed by atoms with Crippen LogP contribution in [0.1, 0.15) is 43.2 Å². The van der Waals surface area contributed by atoms with Crippen LogP contribution >= 0.6 is 0 Å². The van der Waals surface area contributed by atoms with Crippen molar-refractivity contribution in [1.29, 1.82) is 0 Å². The Bertz CT molecular complexity index is 523. The number of hydrogen-bond acceptors (Lipinski definition) is 4. The first kappa shape index (κ1) is 15.8. The Morgan fingerprint density at radius 1 is 1.43 bits per heavy atom. The Morgan fingerprint density at radius 3 is 2.67 bits per heavy atom. The van der Waals surface area contributed by atoms with E-state index in [-0.39, 0.29) is 17.4 Å². The minimum atomic E-state index is -0.0953. The maximum atomic E-state index is 12.7. The summed E-state index contributed by atoms with van der Waals surface area (Å²) in [4.78, 5) is 19.1. The first-order chi connectivity index (χ1) is 9.85. The van der Waals surface area contributed by atoms with Gasteiger partial charge in [-0.1, -0.05) is 20.8 Å². The molecule has 0 bridgehead atoms. The van der Waals surface area contributed by atoms with Crippen molar-refractivity contribution < 1.29 is 9.53 Å². The SMILES string of the molecule is CNc1cc(C(=O)N2CCC(OC)C2)cc(C(C)(C)C)n1. The molecule has 1 atom stereocenters. The van der Waals surface area contributed by atoms with E-state index in [1.807, 2.05) is 24.1 Å². The van der Waals surface area contributed by atoms with Gasteiger partial charge in [-0.05, 0) is 18.6 Å². The van der Waals surface area contributed by atoms with Gasteiger partial charge in [0.1, 0.15) is 5.82 Å². The summed E-state index contributed by atoms with van der Waals surface area (Å²) in [7, 11) is 3.52. The van der Waals surface area contributed by atoms with Gasteiger partial charge in [0.25, 0.3) is 5.91 Å². The van der Waals surface area contributed by atoms with Gasteiger partial charge >= 0.3 is 0 Å². The fourth-order valence-electron chi connectivity index (χ4n) is 2.45. The second-order valence-electron chi connectivity index (χ2n) is 6.52. The normalized spacial score (nSPS) is 18.9. The Balaban J connectivity index is 2.28. The van der Waals surface area contributed by atoms with Crippen LogP contribution in [0.4, 0.5) is 5.82 Å². The molecular formula is C16H25N3O2. The molecule has 1 aromatic heterocycles. The standard InChI is InChI=1S/C16H25N3O2/c1-16(2,3)13-8-11(9-14(17-4)18-13)15(20)19-7-6-12(10-19)21-5/h8-9,12H,6-7,10H2,1-5H3,(H,17,18). The van der Waals surface area contributed by atoms with Crippen LogP contribution in [0.5, 0.6) is 0 Å². The third kappa shape index (κ3) is 3.53. The molecule has 5 heteroatoms. The lowest BCUT2D eigenvalue weighted by atomic mass is 9.90. The molecule has 0 radical (unpaired) electrons. The van der Waals surface area contributed by atoms with Crippen LogP contribution in [0.15, 0.2) is 12.1 Å². The smallest absolute Gasteiger partial charge is 0.254 e. The summed E-state index contributed by atoms with van der Waals surface area (Å²) in [6.07, 6.45) is 1.06. The summed E-state index contributed by atoms with van der Waals surface area (Å²) in [5.74, 6) is 0.784. The molecule has 1 saturated heterocycles. The molecule has 0 aliphatic carbocycles. The number of amides is 1. The molecule has 116 valence electrons. The summed E-state index contributed by atoms with van der Waals surface area (Å²) in [5.41, 5.74) is 1.51. The Labute approximate surface area is 126 Å². The molecule has 2 heterocycles. The first-order valence-corrected chi connectivity index (χ1v) is 7.37. The number of carbonyl (C=O) groups is 1. The van der Waals surface area contributed by atoms with E-state index in [0.717, 1.165) is 24.5 Å². The number of aromatic nitrogens is 1. The van der Waals surface area contributed by atoms with Crippen molar-refractivity contribution in [3.8, 4) is 0 Å². The Hall–Kier alpha value is -1.62. The van der Waals surface area contributed by atoms with Crippen LogP contribution in [0.25, 0.3) is 0 Å². The molecule has 0 spiro atoms. The lowest BCUT2D eigenvalue weighted by Crippen LogP contribution is -2.30. The van der Waals surface area contributed by atoms with Crippen molar-refractivity contribution in [3.63, 3.8) is 0 Å². The monoisotopic (exact) mass is 291 g/mol. The van der Waals surface area contributed by atoms with Gasteiger partial charge in [-0.25, -0.2) is 4.98 Å². The number of hydrogen-bond donors (Lipinski definition) is 1. The number of rotatable bonds is 3. The second kappa shape index (κ2) is 6.02. The molecule has 5 nitrogen and oxygen atoms in total. The molecule has 1 unspecified atom stereocenters. The molecule has 0 aromatic carbocycles. The van der Waals surface area contributed by atoms with Crippen LogP contribution in [0.2, 0.25) is 0 Å². The number of carbonyl (C=O) groups excluding carboxylic acids is 1. The highest BCUT2D eigenvalue weighted by atomic mass is 16.5. The summed E-state index contributed by atoms with van der Waals surface area (Å²) in [6.45, 7) is 7.70. The maximum absolute atomic E-state index is 12.7. The van der Waals surface area contributed by atoms with E-state index in [2.05, 4.69) is 31.1 Å². The zero-order valence-electron chi connectivity index (χ0n) is 13.6. The van der Waals surface area contributed by atoms with Gasteiger partial charge in [-0.15, -0.1) is 0 Å². The summed E-state index contributed by atoms with van der Waals surface area (Å²) in [6, 6.07) is 3.72. The number of likely N-dealkylation sites (tertiary alicyclic amines) is 1. The Morgan fingerprint density at radius 2 is 2.14 bits per heavy atom. The van der Waals surface area contributed by atoms with E-state index >= 15 is 0 Å². The molecular weight excluding hydrogens is 266 g/mol. The van der Waals surface area contributed by atoms with Gasteiger partial charge in [-0.2, -0.15) is 0 Å². The summed E-state index contributed by atoms with van der Waals surface area (Å²) < 4.78 is 5.33. The minimum Gasteiger partial charge on any atom is -0.380 e. The average molecular weight is 291 g/mol. The van der Waals surface area contributed by atoms with Gasteiger partial charge in [0, 0.05) is 43.9 Å². The minimum absolute atomic E-state index is 0.0546. The molecule has 2 rings (SSSR count). The lowest BCUT2D eigenvalue weighted by Gasteiger charge is -2.21. The zero-order valence-corrected chi connectivity index (χ0v) is 13.6. The molecule has 21 heavy (non-hydrogen) atoms. The van der Waals surface area contributed by atoms with Gasteiger partial charge in [0.05, 0.1) is 6.10 Å². The number of pyridine rings is 1. The number of ether oxygens (including phenoxy) is 1. The van der Waals surface area contributed by atoms with Crippen molar-refractivity contribution in [2.45, 2.75) is 38.7 Å². The van der Waals surface area contributed by atoms with Crippen molar-refractivity contribution in [2.75, 3.05) is 32.6 Å². The lowest BCUT2D eigenvalue weighted by molar-refractivity contribution is 0.0724. The van der Waals surface area contributed by atoms with Gasteiger partial charge in [0.15, 0.2) is 0 Å². The topological polar surface area (TPSA) is 54.5 Å². The van der Waals surface area contributed by atoms with Crippen LogP contribution in [-0.2, 0) is 10.2 Å². The van der Waals surface area contributed by atoms with Crippen LogP contribution < -0.4 is 5.32 Å². The first-order valence-electron chi connectivity index (χ1n) is 7.37. The van der Waals surface area contributed by atoms with E-state index in [1.165, 1.54) is 0 Å². The molecule has 1 N–H and O–H groups in total. The van der Waals surface area contributed by atoms with E-state index in [4.69, 9.17) is 4.74 Å². The van der Waals surface area contributed by atoms with Crippen LogP contribution in [0, 0.1) is 0 Å². The highest BCUT2D eigenvalue weighted by Gasteiger charge is 2.28. The summed E-state index contributed by atoms with van der Waals surface area (Å²) in [5, 5.41) is 3.04. The average Bonchev–Trinajstić information content (AvgIpc) is 2.93. The fraction of sp³-hybridized carbons (Fsp3) is 0.625. The third-order valence-electron chi connectivity index (χ3n) is 3.86. The highest BCUT2D eigenvalue weighted by molar-refractivity contribution is 5.95.